The van der Waals surface area contributed by atoms with E-state index in [4.69, 9.17) is 11.6 Å². The summed E-state index contributed by atoms with van der Waals surface area (Å²) in [6, 6.07) is 4.75. The number of carbonyl (C=O) groups is 2. The number of hydrogen-bond donors (Lipinski definition) is 3. The van der Waals surface area contributed by atoms with Gasteiger partial charge in [-0.25, -0.2) is 4.79 Å². The van der Waals surface area contributed by atoms with E-state index in [2.05, 4.69) is 31.9 Å². The molecule has 0 atom stereocenters. The summed E-state index contributed by atoms with van der Waals surface area (Å²) in [6.45, 7) is 2.20. The van der Waals surface area contributed by atoms with Crippen LogP contribution in [0.4, 0.5) is 10.5 Å². The molecular weight excluding hydrogens is 321 g/mol. The zero-order chi connectivity index (χ0) is 13.5. The molecule has 0 aliphatic carbocycles. The Bertz CT molecular complexity index is 454. The first-order chi connectivity index (χ1) is 8.52. The number of amides is 3. The normalized spacial score (nSPS) is 9.72. The Morgan fingerprint density at radius 2 is 2.11 bits per heavy atom. The lowest BCUT2D eigenvalue weighted by Crippen LogP contribution is -2.41. The number of imide groups is 1. The van der Waals surface area contributed by atoms with Gasteiger partial charge in [-0.2, -0.15) is 0 Å². The summed E-state index contributed by atoms with van der Waals surface area (Å²) in [7, 11) is 0. The molecule has 5 nitrogen and oxygen atoms in total. The molecule has 1 rings (SSSR count). The van der Waals surface area contributed by atoms with Gasteiger partial charge in [-0.1, -0.05) is 27.5 Å². The van der Waals surface area contributed by atoms with E-state index in [1.807, 2.05) is 0 Å². The molecule has 0 saturated carbocycles. The van der Waals surface area contributed by atoms with E-state index in [9.17, 15) is 9.59 Å². The lowest BCUT2D eigenvalue weighted by molar-refractivity contribution is -0.118. The van der Waals surface area contributed by atoms with Gasteiger partial charge in [0.15, 0.2) is 0 Å². The number of anilines is 1. The van der Waals surface area contributed by atoms with Crippen LogP contribution in [-0.4, -0.2) is 25.0 Å². The van der Waals surface area contributed by atoms with Gasteiger partial charge in [0.1, 0.15) is 0 Å². The Balaban J connectivity index is 2.45. The predicted molar refractivity (Wildman–Crippen MR) is 74.9 cm³/mol. The maximum Gasteiger partial charge on any atom is 0.321 e. The first-order valence-electron chi connectivity index (χ1n) is 5.29. The summed E-state index contributed by atoms with van der Waals surface area (Å²) in [6.07, 6.45) is 0. The minimum Gasteiger partial charge on any atom is -0.375 e. The molecule has 0 fully saturated rings. The first kappa shape index (κ1) is 14.8. The number of urea groups is 1. The molecule has 0 spiro atoms. The molecule has 98 valence electrons. The highest BCUT2D eigenvalue weighted by atomic mass is 79.9. The Morgan fingerprint density at radius 3 is 2.72 bits per heavy atom. The van der Waals surface area contributed by atoms with E-state index in [1.165, 1.54) is 0 Å². The molecule has 3 N–H and O–H groups in total. The Morgan fingerprint density at radius 1 is 1.39 bits per heavy atom. The highest BCUT2D eigenvalue weighted by molar-refractivity contribution is 9.10. The van der Waals surface area contributed by atoms with Crippen LogP contribution in [-0.2, 0) is 4.79 Å². The lowest BCUT2D eigenvalue weighted by atomic mass is 10.3. The molecular formula is C11H13BrClN3O2. The van der Waals surface area contributed by atoms with Crippen molar-refractivity contribution in [2.45, 2.75) is 6.92 Å². The predicted octanol–water partition coefficient (Wildman–Crippen LogP) is 2.36. The molecule has 7 heteroatoms. The second kappa shape index (κ2) is 7.23. The zero-order valence-electron chi connectivity index (χ0n) is 9.72. The molecule has 18 heavy (non-hydrogen) atoms. The minimum atomic E-state index is -0.508. The van der Waals surface area contributed by atoms with Crippen LogP contribution in [0.2, 0.25) is 5.02 Å². The van der Waals surface area contributed by atoms with E-state index < -0.39 is 11.9 Å². The molecule has 0 aliphatic rings. The van der Waals surface area contributed by atoms with Gasteiger partial charge >= 0.3 is 6.03 Å². The maximum absolute atomic E-state index is 11.4. The van der Waals surface area contributed by atoms with Crippen LogP contribution in [0.25, 0.3) is 0 Å². The van der Waals surface area contributed by atoms with Gasteiger partial charge in [-0.05, 0) is 25.1 Å². The molecule has 0 aliphatic heterocycles. The van der Waals surface area contributed by atoms with E-state index in [-0.39, 0.29) is 6.54 Å². The number of nitrogens with one attached hydrogen (secondary N) is 3. The number of benzene rings is 1. The third-order valence-corrected chi connectivity index (χ3v) is 2.77. The summed E-state index contributed by atoms with van der Waals surface area (Å²) >= 11 is 9.25. The molecule has 0 saturated heterocycles. The van der Waals surface area contributed by atoms with Crippen molar-refractivity contribution in [3.05, 3.63) is 27.7 Å². The van der Waals surface area contributed by atoms with Crippen molar-refractivity contribution in [1.29, 1.82) is 0 Å². The van der Waals surface area contributed by atoms with Crippen molar-refractivity contribution in [2.24, 2.45) is 0 Å². The third kappa shape index (κ3) is 4.93. The fourth-order valence-electron chi connectivity index (χ4n) is 1.18. The fraction of sp³-hybridized carbons (Fsp3) is 0.273. The van der Waals surface area contributed by atoms with Crippen LogP contribution in [0.5, 0.6) is 0 Å². The van der Waals surface area contributed by atoms with Gasteiger partial charge in [-0.3, -0.25) is 10.1 Å². The molecule has 0 unspecified atom stereocenters. The van der Waals surface area contributed by atoms with Crippen LogP contribution in [0.15, 0.2) is 22.7 Å². The minimum absolute atomic E-state index is 0.0293. The largest absolute Gasteiger partial charge is 0.375 e. The zero-order valence-corrected chi connectivity index (χ0v) is 12.1. The van der Waals surface area contributed by atoms with Gasteiger partial charge in [-0.15, -0.1) is 0 Å². The van der Waals surface area contributed by atoms with Crippen molar-refractivity contribution in [1.82, 2.24) is 10.6 Å². The summed E-state index contributed by atoms with van der Waals surface area (Å²) in [5.74, 6) is -0.431. The number of halogens is 2. The standard InChI is InChI=1S/C11H13BrClN3O2/c1-2-14-11(18)16-10(17)6-15-9-4-3-7(12)5-8(9)13/h3-5,15H,2,6H2,1H3,(H2,14,16,17,18). The monoisotopic (exact) mass is 333 g/mol. The van der Waals surface area contributed by atoms with Crippen molar-refractivity contribution in [3.8, 4) is 0 Å². The molecule has 0 aromatic heterocycles. The molecule has 0 radical (unpaired) electrons. The van der Waals surface area contributed by atoms with Crippen molar-refractivity contribution < 1.29 is 9.59 Å². The molecule has 1 aromatic carbocycles. The Hall–Kier alpha value is -1.27. The summed E-state index contributed by atoms with van der Waals surface area (Å²) in [4.78, 5) is 22.5. The van der Waals surface area contributed by atoms with Gasteiger partial charge in [0.2, 0.25) is 5.91 Å². The topological polar surface area (TPSA) is 70.2 Å². The number of rotatable bonds is 4. The Labute approximate surface area is 118 Å². The van der Waals surface area contributed by atoms with Crippen LogP contribution in [0, 0.1) is 0 Å². The van der Waals surface area contributed by atoms with Gasteiger partial charge < -0.3 is 10.6 Å². The summed E-state index contributed by atoms with van der Waals surface area (Å²) in [5.41, 5.74) is 0.630. The molecule has 0 heterocycles. The fourth-order valence-corrected chi connectivity index (χ4v) is 1.92. The summed E-state index contributed by atoms with van der Waals surface area (Å²) < 4.78 is 0.852. The van der Waals surface area contributed by atoms with E-state index in [1.54, 1.807) is 25.1 Å². The van der Waals surface area contributed by atoms with Gasteiger partial charge in [0.05, 0.1) is 17.3 Å². The van der Waals surface area contributed by atoms with Crippen LogP contribution in [0.3, 0.4) is 0 Å². The SMILES string of the molecule is CCNC(=O)NC(=O)CNc1ccc(Br)cc1Cl. The number of hydrogen-bond acceptors (Lipinski definition) is 3. The third-order valence-electron chi connectivity index (χ3n) is 1.96. The van der Waals surface area contributed by atoms with Crippen LogP contribution < -0.4 is 16.0 Å². The van der Waals surface area contributed by atoms with Gasteiger partial charge in [0, 0.05) is 11.0 Å². The van der Waals surface area contributed by atoms with Crippen molar-refractivity contribution in [2.75, 3.05) is 18.4 Å². The molecule has 0 bridgehead atoms. The highest BCUT2D eigenvalue weighted by Gasteiger charge is 2.07. The lowest BCUT2D eigenvalue weighted by Gasteiger charge is -2.09. The first-order valence-corrected chi connectivity index (χ1v) is 6.46. The van der Waals surface area contributed by atoms with Crippen molar-refractivity contribution in [3.63, 3.8) is 0 Å². The summed E-state index contributed by atoms with van der Waals surface area (Å²) in [5, 5.41) is 7.98. The average molecular weight is 335 g/mol. The maximum atomic E-state index is 11.4. The van der Waals surface area contributed by atoms with Gasteiger partial charge in [0.25, 0.3) is 0 Å². The smallest absolute Gasteiger partial charge is 0.321 e. The molecule has 1 aromatic rings. The molecule has 3 amide bonds. The van der Waals surface area contributed by atoms with E-state index >= 15 is 0 Å². The highest BCUT2D eigenvalue weighted by Crippen LogP contribution is 2.25. The second-order valence-corrected chi connectivity index (χ2v) is 4.71. The van der Waals surface area contributed by atoms with E-state index in [0.717, 1.165) is 4.47 Å². The van der Waals surface area contributed by atoms with Crippen LogP contribution in [0.1, 0.15) is 6.92 Å². The van der Waals surface area contributed by atoms with Crippen molar-refractivity contribution >= 4 is 45.2 Å². The second-order valence-electron chi connectivity index (χ2n) is 3.39. The van der Waals surface area contributed by atoms with E-state index in [0.29, 0.717) is 17.3 Å². The number of carbonyl (C=O) groups excluding carboxylic acids is 2. The quantitative estimate of drug-likeness (QED) is 0.791. The average Bonchev–Trinajstić information content (AvgIpc) is 2.28. The van der Waals surface area contributed by atoms with Crippen LogP contribution >= 0.6 is 27.5 Å². The Kier molecular flexibility index (Phi) is 5.94.